The number of benzene rings is 1. The first-order chi connectivity index (χ1) is 16.2. The normalized spacial score (nSPS) is 28.1. The van der Waals surface area contributed by atoms with E-state index < -0.39 is 33.2 Å². The number of nitrogens with zero attached hydrogens (tertiary/aromatic N) is 1. The molecule has 192 valence electrons. The molecule has 1 aromatic carbocycles. The number of aliphatic hydroxyl groups is 1. The molecule has 3 aliphatic rings. The Hall–Kier alpha value is -2.55. The van der Waals surface area contributed by atoms with E-state index in [2.05, 4.69) is 4.72 Å². The van der Waals surface area contributed by atoms with E-state index in [0.717, 1.165) is 23.7 Å². The Bertz CT molecular complexity index is 1170. The van der Waals surface area contributed by atoms with Crippen molar-refractivity contribution in [3.05, 3.63) is 47.4 Å². The van der Waals surface area contributed by atoms with Crippen molar-refractivity contribution in [3.63, 3.8) is 0 Å². The topological polar surface area (TPSA) is 113 Å². The van der Waals surface area contributed by atoms with Gasteiger partial charge in [0.05, 0.1) is 30.0 Å². The Balaban J connectivity index is 1.56. The number of rotatable bonds is 5. The lowest BCUT2D eigenvalue weighted by Gasteiger charge is -2.37. The van der Waals surface area contributed by atoms with Crippen LogP contribution in [0.15, 0.2) is 36.2 Å². The molecule has 1 aliphatic heterocycles. The van der Waals surface area contributed by atoms with E-state index >= 15 is 0 Å². The molecule has 2 aliphatic carbocycles. The molecule has 1 aromatic rings. The van der Waals surface area contributed by atoms with Crippen LogP contribution in [0.5, 0.6) is 0 Å². The number of aliphatic hydroxyl groups excluding tert-OH is 1. The highest BCUT2D eigenvalue weighted by molar-refractivity contribution is 7.89. The van der Waals surface area contributed by atoms with Gasteiger partial charge in [0.25, 0.3) is 0 Å². The average molecular weight is 505 g/mol. The van der Waals surface area contributed by atoms with Crippen molar-refractivity contribution in [2.45, 2.75) is 78.5 Å². The number of carbonyl (C=O) groups excluding carboxylic acids is 2. The Morgan fingerprint density at radius 2 is 1.89 bits per heavy atom. The lowest BCUT2D eigenvalue weighted by Crippen LogP contribution is -2.48. The van der Waals surface area contributed by atoms with Gasteiger partial charge in [0.2, 0.25) is 10.0 Å². The first-order valence-corrected chi connectivity index (χ1v) is 13.8. The summed E-state index contributed by atoms with van der Waals surface area (Å²) < 4.78 is 34.1. The number of ether oxygens (including phenoxy) is 1. The van der Waals surface area contributed by atoms with E-state index in [0.29, 0.717) is 19.3 Å². The van der Waals surface area contributed by atoms with Gasteiger partial charge in [0, 0.05) is 12.8 Å². The molecule has 2 saturated carbocycles. The second kappa shape index (κ2) is 8.54. The summed E-state index contributed by atoms with van der Waals surface area (Å²) in [6, 6.07) is 6.82. The maximum absolute atomic E-state index is 13.1. The maximum Gasteiger partial charge on any atom is 0.411 e. The van der Waals surface area contributed by atoms with Crippen molar-refractivity contribution in [1.82, 2.24) is 9.62 Å². The quantitative estimate of drug-likeness (QED) is 0.585. The molecule has 2 N–H and O–H groups in total. The molecule has 0 spiro atoms. The van der Waals surface area contributed by atoms with Crippen LogP contribution >= 0.6 is 0 Å². The SMILES string of the molecule is CC(C)(C)OC(=O)N1Cc2ccccc2C[C@H]1/C(O)=C/NS(=O)(=O)CC12CCC(CC1=O)C2(C)C. The minimum absolute atomic E-state index is 0.0114. The summed E-state index contributed by atoms with van der Waals surface area (Å²) in [5, 5.41) is 10.9. The third-order valence-corrected chi connectivity index (χ3v) is 9.53. The summed E-state index contributed by atoms with van der Waals surface area (Å²) in [6.07, 6.45) is 2.61. The third kappa shape index (κ3) is 4.67. The highest BCUT2D eigenvalue weighted by Crippen LogP contribution is 2.64. The van der Waals surface area contributed by atoms with Gasteiger partial charge in [-0.25, -0.2) is 13.2 Å². The first-order valence-electron chi connectivity index (χ1n) is 12.1. The van der Waals surface area contributed by atoms with Crippen molar-refractivity contribution in [3.8, 4) is 0 Å². The van der Waals surface area contributed by atoms with Crippen LogP contribution in [0.2, 0.25) is 0 Å². The predicted molar refractivity (Wildman–Crippen MR) is 132 cm³/mol. The fourth-order valence-electron chi connectivity index (χ4n) is 6.02. The highest BCUT2D eigenvalue weighted by Gasteiger charge is 2.65. The minimum atomic E-state index is -3.92. The van der Waals surface area contributed by atoms with Crippen molar-refractivity contribution in [1.29, 1.82) is 0 Å². The monoisotopic (exact) mass is 504 g/mol. The van der Waals surface area contributed by atoms with Gasteiger partial charge in [-0.05, 0) is 56.1 Å². The molecule has 0 radical (unpaired) electrons. The molecule has 2 unspecified atom stereocenters. The number of hydrogen-bond donors (Lipinski definition) is 2. The summed E-state index contributed by atoms with van der Waals surface area (Å²) in [4.78, 5) is 27.1. The summed E-state index contributed by atoms with van der Waals surface area (Å²) >= 11 is 0. The lowest BCUT2D eigenvalue weighted by atomic mass is 9.70. The van der Waals surface area contributed by atoms with Gasteiger partial charge in [0.1, 0.15) is 17.1 Å². The van der Waals surface area contributed by atoms with Gasteiger partial charge in [-0.3, -0.25) is 14.4 Å². The van der Waals surface area contributed by atoms with Crippen molar-refractivity contribution in [2.24, 2.45) is 16.7 Å². The highest BCUT2D eigenvalue weighted by atomic mass is 32.2. The van der Waals surface area contributed by atoms with E-state index in [9.17, 15) is 23.1 Å². The number of amides is 1. The molecule has 2 bridgehead atoms. The number of carbonyl (C=O) groups is 2. The Morgan fingerprint density at radius 3 is 2.46 bits per heavy atom. The van der Waals surface area contributed by atoms with Gasteiger partial charge in [-0.15, -0.1) is 0 Å². The van der Waals surface area contributed by atoms with E-state index in [1.54, 1.807) is 20.8 Å². The zero-order valence-electron chi connectivity index (χ0n) is 21.1. The molecule has 1 amide bonds. The standard InChI is InChI=1S/C26H36N2O6S/c1-24(2,3)34-23(31)28-15-18-9-7-6-8-17(18)12-20(28)21(29)14-27-35(32,33)16-26-11-10-19(13-22(26)30)25(26,4)5/h6-9,14,19-20,27,29H,10-13,15-16H2,1-5H3/b21-14-/t19?,20-,26?/m0/s1. The summed E-state index contributed by atoms with van der Waals surface area (Å²) in [5.74, 6) is -0.376. The summed E-state index contributed by atoms with van der Waals surface area (Å²) in [6.45, 7) is 9.49. The first kappa shape index (κ1) is 25.5. The van der Waals surface area contributed by atoms with Crippen LogP contribution in [0, 0.1) is 16.7 Å². The fourth-order valence-corrected chi connectivity index (χ4v) is 7.73. The molecular weight excluding hydrogens is 468 g/mol. The van der Waals surface area contributed by atoms with E-state index in [1.165, 1.54) is 4.90 Å². The Labute approximate surface area is 207 Å². The van der Waals surface area contributed by atoms with Crippen molar-refractivity contribution in [2.75, 3.05) is 5.75 Å². The average Bonchev–Trinajstić information content (AvgIpc) is 3.09. The molecular formula is C26H36N2O6S. The van der Waals surface area contributed by atoms with E-state index in [4.69, 9.17) is 4.74 Å². The molecule has 9 heteroatoms. The van der Waals surface area contributed by atoms with Crippen LogP contribution in [0.1, 0.15) is 65.0 Å². The Kier molecular flexibility index (Phi) is 6.23. The molecule has 35 heavy (non-hydrogen) atoms. The minimum Gasteiger partial charge on any atom is -0.509 e. The fraction of sp³-hybridized carbons (Fsp3) is 0.615. The second-order valence-electron chi connectivity index (χ2n) is 11.7. The number of ketones is 1. The van der Waals surface area contributed by atoms with Gasteiger partial charge in [0.15, 0.2) is 0 Å². The van der Waals surface area contributed by atoms with Gasteiger partial charge < -0.3 is 9.84 Å². The van der Waals surface area contributed by atoms with Crippen molar-refractivity contribution >= 4 is 21.9 Å². The van der Waals surface area contributed by atoms with Crippen LogP contribution < -0.4 is 4.72 Å². The van der Waals surface area contributed by atoms with Gasteiger partial charge in [-0.1, -0.05) is 38.1 Å². The molecule has 0 saturated heterocycles. The number of sulfonamides is 1. The van der Waals surface area contributed by atoms with E-state index in [1.807, 2.05) is 38.1 Å². The molecule has 1 heterocycles. The molecule has 0 aromatic heterocycles. The Morgan fingerprint density at radius 1 is 1.23 bits per heavy atom. The number of hydrogen-bond acceptors (Lipinski definition) is 6. The van der Waals surface area contributed by atoms with Crippen LogP contribution in [0.3, 0.4) is 0 Å². The summed E-state index contributed by atoms with van der Waals surface area (Å²) in [5.41, 5.74) is -0.0996. The molecule has 2 fully saturated rings. The predicted octanol–water partition coefficient (Wildman–Crippen LogP) is 4.06. The van der Waals surface area contributed by atoms with Crippen LogP contribution in [0.25, 0.3) is 0 Å². The largest absolute Gasteiger partial charge is 0.509 e. The molecule has 3 atom stereocenters. The number of nitrogens with one attached hydrogen (secondary N) is 1. The van der Waals surface area contributed by atoms with Gasteiger partial charge in [-0.2, -0.15) is 0 Å². The molecule has 4 rings (SSSR count). The number of Topliss-reactive ketones (excluding diaryl/α,β-unsaturated/α-hetero) is 1. The maximum atomic E-state index is 13.1. The zero-order valence-corrected chi connectivity index (χ0v) is 21.9. The third-order valence-electron chi connectivity index (χ3n) is 8.18. The summed E-state index contributed by atoms with van der Waals surface area (Å²) in [7, 11) is -3.92. The van der Waals surface area contributed by atoms with Crippen LogP contribution in [-0.2, 0) is 32.5 Å². The van der Waals surface area contributed by atoms with Crippen LogP contribution in [0.4, 0.5) is 4.79 Å². The van der Waals surface area contributed by atoms with E-state index in [-0.39, 0.29) is 35.2 Å². The zero-order chi connectivity index (χ0) is 25.8. The molecule has 8 nitrogen and oxygen atoms in total. The van der Waals surface area contributed by atoms with Crippen LogP contribution in [-0.4, -0.2) is 47.7 Å². The van der Waals surface area contributed by atoms with Crippen molar-refractivity contribution < 1.29 is 27.9 Å². The van der Waals surface area contributed by atoms with Gasteiger partial charge >= 0.3 is 6.09 Å². The lowest BCUT2D eigenvalue weighted by molar-refractivity contribution is -0.128. The number of fused-ring (bicyclic) bond motifs is 3. The smallest absolute Gasteiger partial charge is 0.411 e. The second-order valence-corrected chi connectivity index (χ2v) is 13.5.